The number of nitrogens with zero attached hydrogens (tertiary/aromatic N) is 1. The molecule has 1 aliphatic carbocycles. The van der Waals surface area contributed by atoms with Crippen molar-refractivity contribution in [1.29, 1.82) is 0 Å². The lowest BCUT2D eigenvalue weighted by molar-refractivity contribution is -0.161. The molecule has 124 valence electrons. The van der Waals surface area contributed by atoms with Crippen molar-refractivity contribution in [2.24, 2.45) is 10.8 Å². The van der Waals surface area contributed by atoms with Crippen LogP contribution in [0.4, 0.5) is 4.79 Å². The SMILES string of the molecule is COC(=O)C12CCC(C(=O)O)(CN(C(=O)OC(C)(C)C)C1)C2. The number of ether oxygens (including phenoxy) is 2. The Bertz CT molecular complexity index is 511. The molecule has 1 saturated heterocycles. The largest absolute Gasteiger partial charge is 0.481 e. The molecule has 2 aliphatic rings. The van der Waals surface area contributed by atoms with Gasteiger partial charge in [-0.15, -0.1) is 0 Å². The van der Waals surface area contributed by atoms with Gasteiger partial charge in [-0.2, -0.15) is 0 Å². The van der Waals surface area contributed by atoms with Crippen molar-refractivity contribution < 1.29 is 29.0 Å². The molecule has 2 rings (SSSR count). The number of hydrogen-bond donors (Lipinski definition) is 1. The molecular formula is C15H23NO6. The summed E-state index contributed by atoms with van der Waals surface area (Å²) in [5, 5.41) is 9.59. The van der Waals surface area contributed by atoms with Crippen molar-refractivity contribution in [1.82, 2.24) is 4.90 Å². The molecule has 2 unspecified atom stereocenters. The van der Waals surface area contributed by atoms with Gasteiger partial charge in [-0.05, 0) is 40.0 Å². The minimum Gasteiger partial charge on any atom is -0.481 e. The maximum atomic E-state index is 12.3. The van der Waals surface area contributed by atoms with Crippen LogP contribution in [0.2, 0.25) is 0 Å². The summed E-state index contributed by atoms with van der Waals surface area (Å²) in [5.74, 6) is -1.43. The lowest BCUT2D eigenvalue weighted by atomic mass is 9.75. The number of methoxy groups -OCH3 is 1. The van der Waals surface area contributed by atoms with Gasteiger partial charge < -0.3 is 19.5 Å². The monoisotopic (exact) mass is 313 g/mol. The Hall–Kier alpha value is -1.79. The average Bonchev–Trinajstić information content (AvgIpc) is 2.69. The standard InChI is InChI=1S/C15H23NO6/c1-13(2,3)22-12(20)16-8-14(10(17)18)5-6-15(7-14,9-16)11(19)21-4/h5-9H2,1-4H3,(H,17,18). The number of amides is 1. The predicted octanol–water partition coefficient (Wildman–Crippen LogP) is 1.65. The molecule has 2 fully saturated rings. The Balaban J connectivity index is 2.30. The number of carbonyl (C=O) groups is 3. The lowest BCUT2D eigenvalue weighted by Gasteiger charge is -2.42. The first-order valence-electron chi connectivity index (χ1n) is 7.33. The molecule has 2 bridgehead atoms. The first kappa shape index (κ1) is 16.6. The summed E-state index contributed by atoms with van der Waals surface area (Å²) >= 11 is 0. The van der Waals surface area contributed by atoms with Crippen LogP contribution in [0.3, 0.4) is 0 Å². The topological polar surface area (TPSA) is 93.1 Å². The van der Waals surface area contributed by atoms with E-state index in [4.69, 9.17) is 9.47 Å². The van der Waals surface area contributed by atoms with Crippen LogP contribution >= 0.6 is 0 Å². The number of carboxylic acids is 1. The van der Waals surface area contributed by atoms with E-state index in [2.05, 4.69) is 0 Å². The van der Waals surface area contributed by atoms with Gasteiger partial charge >= 0.3 is 18.0 Å². The number of carboxylic acid groups (broad SMARTS) is 1. The van der Waals surface area contributed by atoms with Crippen LogP contribution in [-0.2, 0) is 19.1 Å². The van der Waals surface area contributed by atoms with Crippen LogP contribution in [-0.4, -0.2) is 53.8 Å². The maximum Gasteiger partial charge on any atom is 0.410 e. The Labute approximate surface area is 129 Å². The number of carbonyl (C=O) groups excluding carboxylic acids is 2. The van der Waals surface area contributed by atoms with E-state index in [-0.39, 0.29) is 19.5 Å². The number of fused-ring (bicyclic) bond motifs is 2. The molecule has 2 atom stereocenters. The second-order valence-corrected chi connectivity index (χ2v) is 7.37. The van der Waals surface area contributed by atoms with E-state index in [1.807, 2.05) is 0 Å². The van der Waals surface area contributed by atoms with Crippen molar-refractivity contribution in [2.45, 2.75) is 45.6 Å². The fourth-order valence-corrected chi connectivity index (χ4v) is 3.52. The van der Waals surface area contributed by atoms with Gasteiger partial charge in [-0.25, -0.2) is 4.79 Å². The highest BCUT2D eigenvalue weighted by Gasteiger charge is 2.62. The first-order valence-corrected chi connectivity index (χ1v) is 7.33. The summed E-state index contributed by atoms with van der Waals surface area (Å²) in [4.78, 5) is 37.5. The fourth-order valence-electron chi connectivity index (χ4n) is 3.52. The summed E-state index contributed by atoms with van der Waals surface area (Å²) in [6.07, 6.45) is 0.386. The summed E-state index contributed by atoms with van der Waals surface area (Å²) < 4.78 is 10.2. The molecule has 7 heteroatoms. The minimum absolute atomic E-state index is 0.0655. The highest BCUT2D eigenvalue weighted by molar-refractivity contribution is 5.84. The number of esters is 1. The van der Waals surface area contributed by atoms with E-state index in [0.29, 0.717) is 12.8 Å². The van der Waals surface area contributed by atoms with Crippen LogP contribution < -0.4 is 0 Å². The third-order valence-electron chi connectivity index (χ3n) is 4.47. The molecule has 0 spiro atoms. The summed E-state index contributed by atoms with van der Waals surface area (Å²) in [6.45, 7) is 5.44. The molecular weight excluding hydrogens is 290 g/mol. The highest BCUT2D eigenvalue weighted by atomic mass is 16.6. The molecule has 0 aromatic carbocycles. The zero-order valence-electron chi connectivity index (χ0n) is 13.5. The number of hydrogen-bond acceptors (Lipinski definition) is 5. The highest BCUT2D eigenvalue weighted by Crippen LogP contribution is 2.54. The molecule has 1 amide bonds. The number of piperidine rings is 1. The molecule has 7 nitrogen and oxygen atoms in total. The van der Waals surface area contributed by atoms with Crippen molar-refractivity contribution in [3.63, 3.8) is 0 Å². The maximum absolute atomic E-state index is 12.3. The van der Waals surface area contributed by atoms with Gasteiger partial charge in [0.25, 0.3) is 0 Å². The van der Waals surface area contributed by atoms with Gasteiger partial charge in [0.15, 0.2) is 0 Å². The van der Waals surface area contributed by atoms with Crippen LogP contribution in [0.1, 0.15) is 40.0 Å². The Morgan fingerprint density at radius 3 is 2.14 bits per heavy atom. The number of aliphatic carboxylic acids is 1. The summed E-state index contributed by atoms with van der Waals surface area (Å²) in [6, 6.07) is 0. The quantitative estimate of drug-likeness (QED) is 0.779. The fraction of sp³-hybridized carbons (Fsp3) is 0.800. The van der Waals surface area contributed by atoms with Crippen LogP contribution in [0, 0.1) is 10.8 Å². The van der Waals surface area contributed by atoms with E-state index in [0.717, 1.165) is 0 Å². The third-order valence-corrected chi connectivity index (χ3v) is 4.47. The smallest absolute Gasteiger partial charge is 0.410 e. The Morgan fingerprint density at radius 1 is 1.09 bits per heavy atom. The molecule has 1 saturated carbocycles. The van der Waals surface area contributed by atoms with Crippen LogP contribution in [0.15, 0.2) is 0 Å². The second kappa shape index (κ2) is 5.14. The van der Waals surface area contributed by atoms with Crippen molar-refractivity contribution in [3.8, 4) is 0 Å². The average molecular weight is 313 g/mol. The molecule has 22 heavy (non-hydrogen) atoms. The van der Waals surface area contributed by atoms with Gasteiger partial charge in [0.2, 0.25) is 0 Å². The van der Waals surface area contributed by atoms with Crippen LogP contribution in [0.5, 0.6) is 0 Å². The minimum atomic E-state index is -1.09. The van der Waals surface area contributed by atoms with Gasteiger partial charge in [0.05, 0.1) is 17.9 Å². The van der Waals surface area contributed by atoms with Gasteiger partial charge in [0, 0.05) is 13.1 Å². The normalized spacial score (nSPS) is 30.8. The molecule has 1 heterocycles. The molecule has 1 N–H and O–H groups in total. The molecule has 0 aromatic rings. The van der Waals surface area contributed by atoms with Crippen molar-refractivity contribution in [3.05, 3.63) is 0 Å². The second-order valence-electron chi connectivity index (χ2n) is 7.37. The zero-order chi connectivity index (χ0) is 16.8. The Kier molecular flexibility index (Phi) is 3.87. The van der Waals surface area contributed by atoms with Crippen LogP contribution in [0.25, 0.3) is 0 Å². The third kappa shape index (κ3) is 2.76. The predicted molar refractivity (Wildman–Crippen MR) is 76.2 cm³/mol. The van der Waals surface area contributed by atoms with E-state index < -0.39 is 34.5 Å². The van der Waals surface area contributed by atoms with E-state index in [1.54, 1.807) is 20.8 Å². The van der Waals surface area contributed by atoms with E-state index >= 15 is 0 Å². The van der Waals surface area contributed by atoms with Gasteiger partial charge in [-0.3, -0.25) is 9.59 Å². The summed E-state index contributed by atoms with van der Waals surface area (Å²) in [5.41, 5.74) is -2.71. The molecule has 0 aromatic heterocycles. The Morgan fingerprint density at radius 2 is 1.64 bits per heavy atom. The zero-order valence-corrected chi connectivity index (χ0v) is 13.5. The number of rotatable bonds is 2. The number of likely N-dealkylation sites (tertiary alicyclic amines) is 1. The first-order chi connectivity index (χ1) is 10.0. The van der Waals surface area contributed by atoms with Gasteiger partial charge in [-0.1, -0.05) is 0 Å². The van der Waals surface area contributed by atoms with E-state index in [1.165, 1.54) is 12.0 Å². The van der Waals surface area contributed by atoms with Gasteiger partial charge in [0.1, 0.15) is 5.60 Å². The lowest BCUT2D eigenvalue weighted by Crippen LogP contribution is -2.55. The molecule has 0 radical (unpaired) electrons. The van der Waals surface area contributed by atoms with Crippen molar-refractivity contribution >= 4 is 18.0 Å². The van der Waals surface area contributed by atoms with Crippen molar-refractivity contribution in [2.75, 3.05) is 20.2 Å². The van der Waals surface area contributed by atoms with E-state index in [9.17, 15) is 19.5 Å². The summed E-state index contributed by atoms with van der Waals surface area (Å²) in [7, 11) is 1.28. The molecule has 1 aliphatic heterocycles.